The van der Waals surface area contributed by atoms with E-state index >= 15 is 0 Å². The van der Waals surface area contributed by atoms with Gasteiger partial charge in [-0.3, -0.25) is 4.79 Å². The minimum Gasteiger partial charge on any atom is -0.298 e. The molecule has 0 heterocycles. The smallest absolute Gasteiger partial charge is 0.150 e. The van der Waals surface area contributed by atoms with Crippen LogP contribution in [0.4, 0.5) is 0 Å². The number of rotatable bonds is 1. The van der Waals surface area contributed by atoms with Gasteiger partial charge >= 0.3 is 0 Å². The van der Waals surface area contributed by atoms with E-state index in [9.17, 15) is 4.79 Å². The Kier molecular flexibility index (Phi) is 1.37. The van der Waals surface area contributed by atoms with E-state index in [1.54, 1.807) is 0 Å². The Morgan fingerprint density at radius 1 is 0.786 bits per heavy atom. The molecule has 1 aliphatic carbocycles. The standard InChI is InChI=1S/C13H8O/c14-8-9-4-3-7-12-10-5-1-2-6-11(10)13(9)12/h1-8H. The average Bonchev–Trinajstić information content (AvgIpc) is 2.24. The molecule has 0 aliphatic heterocycles. The summed E-state index contributed by atoms with van der Waals surface area (Å²) in [6.45, 7) is 0. The number of benzene rings is 2. The minimum atomic E-state index is 0.793. The molecular formula is C13H8O. The molecular weight excluding hydrogens is 172 g/mol. The van der Waals surface area contributed by atoms with Crippen molar-refractivity contribution in [3.05, 3.63) is 48.0 Å². The number of hydrogen-bond acceptors (Lipinski definition) is 1. The molecule has 0 saturated carbocycles. The maximum atomic E-state index is 10.8. The molecule has 14 heavy (non-hydrogen) atoms. The highest BCUT2D eigenvalue weighted by Crippen LogP contribution is 2.47. The summed E-state index contributed by atoms with van der Waals surface area (Å²) in [4.78, 5) is 10.8. The zero-order valence-corrected chi connectivity index (χ0v) is 7.53. The van der Waals surface area contributed by atoms with Crippen molar-refractivity contribution in [2.45, 2.75) is 0 Å². The number of aldehydes is 1. The molecule has 0 N–H and O–H groups in total. The number of hydrogen-bond donors (Lipinski definition) is 0. The molecule has 2 aromatic carbocycles. The topological polar surface area (TPSA) is 17.1 Å². The van der Waals surface area contributed by atoms with Gasteiger partial charge in [-0.05, 0) is 16.7 Å². The van der Waals surface area contributed by atoms with Crippen molar-refractivity contribution in [1.82, 2.24) is 0 Å². The zero-order chi connectivity index (χ0) is 9.54. The Bertz CT molecular complexity index is 527. The second-order valence-electron chi connectivity index (χ2n) is 3.43. The van der Waals surface area contributed by atoms with Crippen LogP contribution in [0.2, 0.25) is 0 Å². The van der Waals surface area contributed by atoms with E-state index in [-0.39, 0.29) is 0 Å². The molecule has 0 amide bonds. The Morgan fingerprint density at radius 3 is 2.29 bits per heavy atom. The summed E-state index contributed by atoms with van der Waals surface area (Å²) in [7, 11) is 0. The van der Waals surface area contributed by atoms with E-state index in [0.717, 1.165) is 17.4 Å². The van der Waals surface area contributed by atoms with Crippen LogP contribution in [0.3, 0.4) is 0 Å². The molecule has 3 rings (SSSR count). The van der Waals surface area contributed by atoms with Crippen LogP contribution in [0.25, 0.3) is 22.3 Å². The van der Waals surface area contributed by atoms with Gasteiger partial charge in [-0.15, -0.1) is 0 Å². The molecule has 0 atom stereocenters. The third-order valence-electron chi connectivity index (χ3n) is 2.71. The third kappa shape index (κ3) is 0.765. The molecule has 0 bridgehead atoms. The first kappa shape index (κ1) is 7.51. The van der Waals surface area contributed by atoms with Crippen LogP contribution >= 0.6 is 0 Å². The molecule has 0 aromatic heterocycles. The van der Waals surface area contributed by atoms with E-state index in [1.807, 2.05) is 24.3 Å². The molecule has 0 unspecified atom stereocenters. The van der Waals surface area contributed by atoms with E-state index in [0.29, 0.717) is 0 Å². The van der Waals surface area contributed by atoms with Gasteiger partial charge in [0.15, 0.2) is 6.29 Å². The fourth-order valence-electron chi connectivity index (χ4n) is 2.07. The average molecular weight is 180 g/mol. The van der Waals surface area contributed by atoms with Crippen LogP contribution < -0.4 is 0 Å². The first-order valence-electron chi connectivity index (χ1n) is 4.60. The van der Waals surface area contributed by atoms with Gasteiger partial charge < -0.3 is 0 Å². The summed E-state index contributed by atoms with van der Waals surface area (Å²) in [5, 5.41) is 0. The summed E-state index contributed by atoms with van der Waals surface area (Å²) in [5.74, 6) is 0. The molecule has 66 valence electrons. The number of fused-ring (bicyclic) bond motifs is 4. The number of carbonyl (C=O) groups is 1. The Hall–Kier alpha value is -1.89. The van der Waals surface area contributed by atoms with E-state index in [2.05, 4.69) is 18.2 Å². The van der Waals surface area contributed by atoms with Gasteiger partial charge in [-0.2, -0.15) is 0 Å². The second kappa shape index (κ2) is 2.55. The molecule has 1 nitrogen and oxygen atoms in total. The quantitative estimate of drug-likeness (QED) is 0.526. The van der Waals surface area contributed by atoms with E-state index in [4.69, 9.17) is 0 Å². The van der Waals surface area contributed by atoms with E-state index in [1.165, 1.54) is 16.7 Å². The molecule has 2 aromatic rings. The fraction of sp³-hybridized carbons (Fsp3) is 0. The first-order valence-corrected chi connectivity index (χ1v) is 4.60. The highest BCUT2D eigenvalue weighted by Gasteiger charge is 2.23. The van der Waals surface area contributed by atoms with Crippen molar-refractivity contribution in [2.24, 2.45) is 0 Å². The lowest BCUT2D eigenvalue weighted by Gasteiger charge is -2.24. The normalized spacial score (nSPS) is 11.1. The zero-order valence-electron chi connectivity index (χ0n) is 7.53. The van der Waals surface area contributed by atoms with Crippen molar-refractivity contribution >= 4 is 6.29 Å². The molecule has 1 heteroatoms. The van der Waals surface area contributed by atoms with Gasteiger partial charge in [0.25, 0.3) is 0 Å². The number of carbonyl (C=O) groups excluding carboxylic acids is 1. The molecule has 0 spiro atoms. The van der Waals surface area contributed by atoms with Gasteiger partial charge in [-0.1, -0.05) is 42.5 Å². The molecule has 0 fully saturated rings. The lowest BCUT2D eigenvalue weighted by molar-refractivity contribution is 0.112. The second-order valence-corrected chi connectivity index (χ2v) is 3.43. The molecule has 1 aliphatic rings. The van der Waals surface area contributed by atoms with Gasteiger partial charge in [0.1, 0.15) is 0 Å². The highest BCUT2D eigenvalue weighted by molar-refractivity contribution is 6.08. The molecule has 0 radical (unpaired) electrons. The van der Waals surface area contributed by atoms with Crippen LogP contribution in [-0.2, 0) is 0 Å². The van der Waals surface area contributed by atoms with E-state index < -0.39 is 0 Å². The predicted octanol–water partition coefficient (Wildman–Crippen LogP) is 3.15. The van der Waals surface area contributed by atoms with Gasteiger partial charge in [0.2, 0.25) is 0 Å². The monoisotopic (exact) mass is 180 g/mol. The summed E-state index contributed by atoms with van der Waals surface area (Å²) >= 11 is 0. The Balaban J connectivity index is 2.33. The van der Waals surface area contributed by atoms with Crippen molar-refractivity contribution < 1.29 is 4.79 Å². The van der Waals surface area contributed by atoms with Gasteiger partial charge in [-0.25, -0.2) is 0 Å². The summed E-state index contributed by atoms with van der Waals surface area (Å²) in [6.07, 6.45) is 0.925. The Morgan fingerprint density at radius 2 is 1.50 bits per heavy atom. The molecule has 0 saturated heterocycles. The van der Waals surface area contributed by atoms with Crippen LogP contribution in [0.1, 0.15) is 10.4 Å². The summed E-state index contributed by atoms with van der Waals surface area (Å²) < 4.78 is 0. The maximum absolute atomic E-state index is 10.8. The summed E-state index contributed by atoms with van der Waals surface area (Å²) in [6, 6.07) is 14.0. The SMILES string of the molecule is O=Cc1cccc2c1-c1ccccc1-2. The van der Waals surface area contributed by atoms with Gasteiger partial charge in [0, 0.05) is 11.1 Å². The van der Waals surface area contributed by atoms with Crippen LogP contribution in [-0.4, -0.2) is 6.29 Å². The van der Waals surface area contributed by atoms with Gasteiger partial charge in [0.05, 0.1) is 0 Å². The third-order valence-corrected chi connectivity index (χ3v) is 2.71. The highest BCUT2D eigenvalue weighted by atomic mass is 16.1. The van der Waals surface area contributed by atoms with Crippen LogP contribution in [0.5, 0.6) is 0 Å². The van der Waals surface area contributed by atoms with Crippen molar-refractivity contribution in [3.8, 4) is 22.3 Å². The van der Waals surface area contributed by atoms with Crippen molar-refractivity contribution in [3.63, 3.8) is 0 Å². The largest absolute Gasteiger partial charge is 0.298 e. The first-order chi connectivity index (χ1) is 6.92. The maximum Gasteiger partial charge on any atom is 0.150 e. The van der Waals surface area contributed by atoms with Crippen LogP contribution in [0, 0.1) is 0 Å². The fourth-order valence-corrected chi connectivity index (χ4v) is 2.07. The predicted molar refractivity (Wildman–Crippen MR) is 56.3 cm³/mol. The minimum absolute atomic E-state index is 0.793. The lowest BCUT2D eigenvalue weighted by Crippen LogP contribution is -2.01. The lowest BCUT2D eigenvalue weighted by atomic mass is 9.78. The summed E-state index contributed by atoms with van der Waals surface area (Å²) in [5.41, 5.74) is 5.56. The van der Waals surface area contributed by atoms with Crippen LogP contribution in [0.15, 0.2) is 42.5 Å². The van der Waals surface area contributed by atoms with Crippen molar-refractivity contribution in [1.29, 1.82) is 0 Å². The van der Waals surface area contributed by atoms with Crippen molar-refractivity contribution in [2.75, 3.05) is 0 Å². The Labute approximate surface area is 82.0 Å².